The van der Waals surface area contributed by atoms with Gasteiger partial charge in [-0.1, -0.05) is 43.7 Å². The standard InChI is InChI=1S/C21H30NO3/c1-2-3-14-23-16-18-25-19-17-24-15-13-22-11-9-21(10-12-22)20-7-5-4-6-8-20/h4-12H,2-3,13-19H2,1H3/q+1. The highest BCUT2D eigenvalue weighted by atomic mass is 16.5. The Morgan fingerprint density at radius 3 is 1.88 bits per heavy atom. The van der Waals surface area contributed by atoms with Gasteiger partial charge in [0.15, 0.2) is 18.9 Å². The van der Waals surface area contributed by atoms with Gasteiger partial charge in [-0.3, -0.25) is 0 Å². The van der Waals surface area contributed by atoms with Gasteiger partial charge in [0.05, 0.1) is 26.4 Å². The first-order valence-corrected chi connectivity index (χ1v) is 9.18. The number of hydrogen-bond acceptors (Lipinski definition) is 3. The molecule has 0 aliphatic heterocycles. The molecule has 0 unspecified atom stereocenters. The summed E-state index contributed by atoms with van der Waals surface area (Å²) >= 11 is 0. The van der Waals surface area contributed by atoms with E-state index in [0.717, 1.165) is 19.6 Å². The Morgan fingerprint density at radius 1 is 0.680 bits per heavy atom. The van der Waals surface area contributed by atoms with Crippen molar-refractivity contribution in [2.45, 2.75) is 26.3 Å². The zero-order chi connectivity index (χ0) is 17.6. The van der Waals surface area contributed by atoms with Gasteiger partial charge >= 0.3 is 0 Å². The fraction of sp³-hybridized carbons (Fsp3) is 0.476. The number of rotatable bonds is 13. The zero-order valence-electron chi connectivity index (χ0n) is 15.2. The summed E-state index contributed by atoms with van der Waals surface area (Å²) in [6, 6.07) is 14.7. The molecule has 1 aromatic carbocycles. The first-order chi connectivity index (χ1) is 12.4. The van der Waals surface area contributed by atoms with Crippen molar-refractivity contribution in [2.24, 2.45) is 0 Å². The van der Waals surface area contributed by atoms with Crippen LogP contribution in [0.4, 0.5) is 0 Å². The van der Waals surface area contributed by atoms with E-state index in [0.29, 0.717) is 33.0 Å². The van der Waals surface area contributed by atoms with Crippen molar-refractivity contribution in [3.63, 3.8) is 0 Å². The monoisotopic (exact) mass is 344 g/mol. The largest absolute Gasteiger partial charge is 0.379 e. The van der Waals surface area contributed by atoms with Gasteiger partial charge in [0, 0.05) is 18.7 Å². The first kappa shape index (κ1) is 19.6. The van der Waals surface area contributed by atoms with E-state index in [4.69, 9.17) is 14.2 Å². The van der Waals surface area contributed by atoms with Gasteiger partial charge in [0.2, 0.25) is 0 Å². The van der Waals surface area contributed by atoms with E-state index in [2.05, 4.69) is 60.3 Å². The average Bonchev–Trinajstić information content (AvgIpc) is 2.67. The number of nitrogens with zero attached hydrogens (tertiary/aromatic N) is 1. The van der Waals surface area contributed by atoms with Crippen LogP contribution in [0.5, 0.6) is 0 Å². The summed E-state index contributed by atoms with van der Waals surface area (Å²) in [5.74, 6) is 0. The molecular weight excluding hydrogens is 314 g/mol. The van der Waals surface area contributed by atoms with Gasteiger partial charge in [-0.15, -0.1) is 0 Å². The van der Waals surface area contributed by atoms with Crippen molar-refractivity contribution in [2.75, 3.05) is 39.6 Å². The van der Waals surface area contributed by atoms with Crippen molar-refractivity contribution >= 4 is 0 Å². The Kier molecular flexibility index (Phi) is 9.86. The lowest BCUT2D eigenvalue weighted by Gasteiger charge is -2.06. The van der Waals surface area contributed by atoms with Crippen LogP contribution in [0.25, 0.3) is 11.1 Å². The highest BCUT2D eigenvalue weighted by molar-refractivity contribution is 5.61. The molecule has 0 radical (unpaired) electrons. The summed E-state index contributed by atoms with van der Waals surface area (Å²) < 4.78 is 18.7. The summed E-state index contributed by atoms with van der Waals surface area (Å²) in [6.45, 7) is 7.07. The van der Waals surface area contributed by atoms with Crippen molar-refractivity contribution in [1.82, 2.24) is 0 Å². The molecule has 0 aliphatic carbocycles. The lowest BCUT2D eigenvalue weighted by atomic mass is 10.1. The van der Waals surface area contributed by atoms with Gasteiger partial charge in [-0.2, -0.15) is 0 Å². The Hall–Kier alpha value is -1.75. The topological polar surface area (TPSA) is 31.6 Å². The van der Waals surface area contributed by atoms with E-state index in [-0.39, 0.29) is 0 Å². The highest BCUT2D eigenvalue weighted by Gasteiger charge is 2.02. The predicted octanol–water partition coefficient (Wildman–Crippen LogP) is 3.49. The Balaban J connectivity index is 1.51. The van der Waals surface area contributed by atoms with Crippen molar-refractivity contribution in [1.29, 1.82) is 0 Å². The molecule has 0 atom stereocenters. The smallest absolute Gasteiger partial charge is 0.171 e. The minimum Gasteiger partial charge on any atom is -0.379 e. The molecule has 1 aromatic heterocycles. The quantitative estimate of drug-likeness (QED) is 0.412. The first-order valence-electron chi connectivity index (χ1n) is 9.18. The summed E-state index contributed by atoms with van der Waals surface area (Å²) in [6.07, 6.45) is 6.47. The van der Waals surface area contributed by atoms with Gasteiger partial charge in [-0.25, -0.2) is 4.57 Å². The number of unbranched alkanes of at least 4 members (excludes halogenated alkanes) is 1. The van der Waals surface area contributed by atoms with Gasteiger partial charge < -0.3 is 14.2 Å². The average molecular weight is 344 g/mol. The maximum Gasteiger partial charge on any atom is 0.171 e. The molecule has 0 bridgehead atoms. The molecule has 0 saturated heterocycles. The number of hydrogen-bond donors (Lipinski definition) is 0. The molecule has 0 fully saturated rings. The molecule has 0 amide bonds. The van der Waals surface area contributed by atoms with Crippen LogP contribution in [-0.2, 0) is 20.8 Å². The molecule has 1 heterocycles. The second kappa shape index (κ2) is 12.6. The lowest BCUT2D eigenvalue weighted by molar-refractivity contribution is -0.698. The highest BCUT2D eigenvalue weighted by Crippen LogP contribution is 2.16. The fourth-order valence-corrected chi connectivity index (χ4v) is 2.39. The Labute approximate surface area is 151 Å². The van der Waals surface area contributed by atoms with Crippen LogP contribution >= 0.6 is 0 Å². The maximum atomic E-state index is 5.61. The maximum absolute atomic E-state index is 5.61. The van der Waals surface area contributed by atoms with Crippen LogP contribution < -0.4 is 4.57 Å². The molecular formula is C21H30NO3+. The molecule has 0 aliphatic rings. The minimum absolute atomic E-state index is 0.620. The number of pyridine rings is 1. The fourth-order valence-electron chi connectivity index (χ4n) is 2.39. The van der Waals surface area contributed by atoms with E-state index in [1.165, 1.54) is 17.5 Å². The second-order valence-corrected chi connectivity index (χ2v) is 5.88. The second-order valence-electron chi connectivity index (χ2n) is 5.88. The molecule has 2 aromatic rings. The van der Waals surface area contributed by atoms with Gasteiger partial charge in [0.25, 0.3) is 0 Å². The van der Waals surface area contributed by atoms with E-state index in [9.17, 15) is 0 Å². The SMILES string of the molecule is CCCCOCCOCCOCC[n+]1ccc(-c2ccccc2)cc1. The van der Waals surface area contributed by atoms with E-state index in [1.54, 1.807) is 0 Å². The number of aromatic nitrogens is 1. The molecule has 0 spiro atoms. The van der Waals surface area contributed by atoms with Crippen LogP contribution in [0.2, 0.25) is 0 Å². The molecule has 4 heteroatoms. The summed E-state index contributed by atoms with van der Waals surface area (Å²) in [4.78, 5) is 0. The lowest BCUT2D eigenvalue weighted by Crippen LogP contribution is -2.35. The summed E-state index contributed by atoms with van der Waals surface area (Å²) in [7, 11) is 0. The summed E-state index contributed by atoms with van der Waals surface area (Å²) in [5, 5.41) is 0. The van der Waals surface area contributed by atoms with Crippen molar-refractivity contribution in [3.8, 4) is 11.1 Å². The van der Waals surface area contributed by atoms with Crippen LogP contribution in [0, 0.1) is 0 Å². The summed E-state index contributed by atoms with van der Waals surface area (Å²) in [5.41, 5.74) is 2.47. The minimum atomic E-state index is 0.620. The van der Waals surface area contributed by atoms with Crippen LogP contribution in [0.1, 0.15) is 19.8 Å². The van der Waals surface area contributed by atoms with Crippen molar-refractivity contribution < 1.29 is 18.8 Å². The Morgan fingerprint density at radius 2 is 1.24 bits per heavy atom. The van der Waals surface area contributed by atoms with Crippen LogP contribution in [0.15, 0.2) is 54.9 Å². The van der Waals surface area contributed by atoms with Crippen LogP contribution in [0.3, 0.4) is 0 Å². The third kappa shape index (κ3) is 8.25. The molecule has 0 N–H and O–H groups in total. The molecule has 0 saturated carbocycles. The normalized spacial score (nSPS) is 10.9. The van der Waals surface area contributed by atoms with Gasteiger partial charge in [-0.05, 0) is 17.5 Å². The number of ether oxygens (including phenoxy) is 3. The van der Waals surface area contributed by atoms with E-state index < -0.39 is 0 Å². The Bertz CT molecular complexity index is 557. The van der Waals surface area contributed by atoms with E-state index in [1.807, 2.05) is 6.07 Å². The predicted molar refractivity (Wildman–Crippen MR) is 99.4 cm³/mol. The number of benzene rings is 1. The van der Waals surface area contributed by atoms with Gasteiger partial charge in [0.1, 0.15) is 6.61 Å². The molecule has 136 valence electrons. The molecule has 2 rings (SSSR count). The molecule has 25 heavy (non-hydrogen) atoms. The third-order valence-electron chi connectivity index (χ3n) is 3.88. The molecule has 4 nitrogen and oxygen atoms in total. The van der Waals surface area contributed by atoms with Crippen molar-refractivity contribution in [3.05, 3.63) is 54.9 Å². The third-order valence-corrected chi connectivity index (χ3v) is 3.88. The van der Waals surface area contributed by atoms with Crippen LogP contribution in [-0.4, -0.2) is 39.6 Å². The van der Waals surface area contributed by atoms with E-state index >= 15 is 0 Å². The zero-order valence-corrected chi connectivity index (χ0v) is 15.2.